The van der Waals surface area contributed by atoms with E-state index in [1.54, 1.807) is 18.5 Å². The zero-order chi connectivity index (χ0) is 9.42. The smallest absolute Gasteiger partial charge is 0.449 e. The van der Waals surface area contributed by atoms with Crippen LogP contribution in [0.4, 0.5) is 10.6 Å². The molecule has 0 amide bonds. The summed E-state index contributed by atoms with van der Waals surface area (Å²) in [6.07, 6.45) is 2.01. The van der Waals surface area contributed by atoms with Crippen molar-refractivity contribution in [2.45, 2.75) is 0 Å². The maximum Gasteiger partial charge on any atom is 0.449 e. The lowest BCUT2D eigenvalue weighted by Crippen LogP contribution is -2.37. The average Bonchev–Trinajstić information content (AvgIpc) is 2.39. The van der Waals surface area contributed by atoms with Crippen molar-refractivity contribution >= 4 is 17.6 Å². The van der Waals surface area contributed by atoms with Gasteiger partial charge in [-0.3, -0.25) is 0 Å². The van der Waals surface area contributed by atoms with Crippen LogP contribution >= 0.6 is 0 Å². The first kappa shape index (κ1) is 7.53. The molecule has 0 saturated carbocycles. The summed E-state index contributed by atoms with van der Waals surface area (Å²) in [5.41, 5.74) is 5.98. The van der Waals surface area contributed by atoms with Crippen LogP contribution in [0, 0.1) is 0 Å². The number of carbonyl (C=O) groups is 1. The molecule has 6 nitrogen and oxygen atoms in total. The molecule has 2 aromatic rings. The third-order valence-corrected chi connectivity index (χ3v) is 1.67. The number of aromatic nitrogens is 3. The lowest BCUT2D eigenvalue weighted by Gasteiger charge is -1.93. The average molecular weight is 179 g/mol. The van der Waals surface area contributed by atoms with Crippen LogP contribution in [0.5, 0.6) is 0 Å². The maximum atomic E-state index is 10.7. The Morgan fingerprint density at radius 2 is 2.46 bits per heavy atom. The number of rotatable bonds is 0. The predicted octanol–water partition coefficient (Wildman–Crippen LogP) is -0.270. The monoisotopic (exact) mass is 179 g/mol. The SMILES string of the molecule is Nc1cc2nccc[n+]2n1C(=O)O. The second-order valence-electron chi connectivity index (χ2n) is 2.49. The van der Waals surface area contributed by atoms with Gasteiger partial charge in [0.25, 0.3) is 0 Å². The molecule has 0 aliphatic rings. The first-order chi connectivity index (χ1) is 6.20. The Bertz CT molecular complexity index is 476. The molecule has 0 radical (unpaired) electrons. The summed E-state index contributed by atoms with van der Waals surface area (Å²) in [5.74, 6) is 0.145. The molecule has 0 aliphatic heterocycles. The van der Waals surface area contributed by atoms with Crippen LogP contribution in [0.2, 0.25) is 0 Å². The molecular weight excluding hydrogens is 172 g/mol. The summed E-state index contributed by atoms with van der Waals surface area (Å²) in [4.78, 5) is 14.7. The zero-order valence-electron chi connectivity index (χ0n) is 6.58. The number of nitrogens with zero attached hydrogens (tertiary/aromatic N) is 3. The largest absolute Gasteiger partial charge is 0.462 e. The molecular formula is C7H7N4O2+. The minimum Gasteiger partial charge on any atom is -0.462 e. The summed E-state index contributed by atoms with van der Waals surface area (Å²) < 4.78 is 2.28. The fourth-order valence-electron chi connectivity index (χ4n) is 1.17. The summed E-state index contributed by atoms with van der Waals surface area (Å²) in [6.45, 7) is 0. The lowest BCUT2D eigenvalue weighted by atomic mass is 10.6. The molecule has 6 heteroatoms. The van der Waals surface area contributed by atoms with Gasteiger partial charge in [0.05, 0.1) is 6.07 Å². The molecule has 0 fully saturated rings. The summed E-state index contributed by atoms with van der Waals surface area (Å²) in [6, 6.07) is 3.12. The van der Waals surface area contributed by atoms with Crippen molar-refractivity contribution in [1.82, 2.24) is 9.67 Å². The Hall–Kier alpha value is -2.11. The minimum atomic E-state index is -1.13. The molecule has 13 heavy (non-hydrogen) atoms. The Kier molecular flexibility index (Phi) is 1.42. The number of fused-ring (bicyclic) bond motifs is 1. The third-order valence-electron chi connectivity index (χ3n) is 1.67. The summed E-state index contributed by atoms with van der Waals surface area (Å²) in [7, 11) is 0. The van der Waals surface area contributed by atoms with E-state index in [4.69, 9.17) is 10.8 Å². The molecule has 0 atom stereocenters. The van der Waals surface area contributed by atoms with Gasteiger partial charge in [0, 0.05) is 6.07 Å². The number of nitrogen functional groups attached to an aromatic ring is 1. The van der Waals surface area contributed by atoms with Gasteiger partial charge < -0.3 is 10.8 Å². The van der Waals surface area contributed by atoms with Crippen molar-refractivity contribution in [3.05, 3.63) is 24.5 Å². The highest BCUT2D eigenvalue weighted by molar-refractivity contribution is 5.71. The topological polar surface area (TPSA) is 85.2 Å². The Balaban J connectivity index is 2.86. The highest BCUT2D eigenvalue weighted by Crippen LogP contribution is 2.02. The first-order valence-electron chi connectivity index (χ1n) is 3.57. The van der Waals surface area contributed by atoms with Crippen molar-refractivity contribution in [3.63, 3.8) is 0 Å². The molecule has 66 valence electrons. The molecule has 0 aliphatic carbocycles. The van der Waals surface area contributed by atoms with Gasteiger partial charge in [-0.25, -0.2) is 4.79 Å². The van der Waals surface area contributed by atoms with Crippen LogP contribution in [0.3, 0.4) is 0 Å². The molecule has 2 rings (SSSR count). The quantitative estimate of drug-likeness (QED) is 0.545. The third kappa shape index (κ3) is 0.994. The van der Waals surface area contributed by atoms with E-state index in [0.29, 0.717) is 5.65 Å². The fourth-order valence-corrected chi connectivity index (χ4v) is 1.17. The van der Waals surface area contributed by atoms with E-state index in [2.05, 4.69) is 4.98 Å². The Morgan fingerprint density at radius 3 is 3.15 bits per heavy atom. The van der Waals surface area contributed by atoms with Crippen LogP contribution in [0.25, 0.3) is 5.65 Å². The fraction of sp³-hybridized carbons (Fsp3) is 0. The number of hydrogen-bond acceptors (Lipinski definition) is 3. The standard InChI is InChI=1S/C7H6N4O2/c8-5-4-6-9-2-1-3-10(6)11(5)7(12)13/h1-4,8H,(H,12,13)/p+1. The van der Waals surface area contributed by atoms with Crippen LogP contribution < -0.4 is 10.2 Å². The normalized spacial score (nSPS) is 10.5. The van der Waals surface area contributed by atoms with E-state index in [1.165, 1.54) is 10.6 Å². The van der Waals surface area contributed by atoms with Crippen LogP contribution in [0.1, 0.15) is 0 Å². The van der Waals surface area contributed by atoms with Crippen LogP contribution in [-0.2, 0) is 0 Å². The summed E-state index contributed by atoms with van der Waals surface area (Å²) in [5, 5.41) is 8.79. The van der Waals surface area contributed by atoms with Gasteiger partial charge >= 0.3 is 11.7 Å². The van der Waals surface area contributed by atoms with Gasteiger partial charge in [-0.2, -0.15) is 0 Å². The minimum absolute atomic E-state index is 0.145. The molecule has 2 aromatic heterocycles. The van der Waals surface area contributed by atoms with E-state index in [1.807, 2.05) is 0 Å². The van der Waals surface area contributed by atoms with Crippen LogP contribution in [-0.4, -0.2) is 20.9 Å². The predicted molar refractivity (Wildman–Crippen MR) is 43.2 cm³/mol. The van der Waals surface area contributed by atoms with Gasteiger partial charge in [0.1, 0.15) is 12.4 Å². The summed E-state index contributed by atoms with van der Waals surface area (Å²) >= 11 is 0. The highest BCUT2D eigenvalue weighted by atomic mass is 16.4. The van der Waals surface area contributed by atoms with Crippen molar-refractivity contribution < 1.29 is 14.4 Å². The number of hydrogen-bond donors (Lipinski definition) is 2. The molecule has 0 spiro atoms. The first-order valence-corrected chi connectivity index (χ1v) is 3.57. The number of anilines is 1. The van der Waals surface area contributed by atoms with Gasteiger partial charge in [-0.05, 0) is 4.98 Å². The van der Waals surface area contributed by atoms with Gasteiger partial charge in [-0.15, -0.1) is 4.52 Å². The molecule has 0 saturated heterocycles. The van der Waals surface area contributed by atoms with E-state index in [9.17, 15) is 4.79 Å². The van der Waals surface area contributed by atoms with E-state index in [0.717, 1.165) is 4.68 Å². The Morgan fingerprint density at radius 1 is 1.69 bits per heavy atom. The van der Waals surface area contributed by atoms with Crippen molar-refractivity contribution in [2.24, 2.45) is 0 Å². The zero-order valence-corrected chi connectivity index (χ0v) is 6.58. The number of nitrogens with two attached hydrogens (primary N) is 1. The van der Waals surface area contributed by atoms with E-state index >= 15 is 0 Å². The van der Waals surface area contributed by atoms with Crippen molar-refractivity contribution in [3.8, 4) is 0 Å². The lowest BCUT2D eigenvalue weighted by molar-refractivity contribution is -0.597. The van der Waals surface area contributed by atoms with E-state index in [-0.39, 0.29) is 5.82 Å². The second-order valence-corrected chi connectivity index (χ2v) is 2.49. The molecule has 0 unspecified atom stereocenters. The maximum absolute atomic E-state index is 10.7. The molecule has 3 N–H and O–H groups in total. The van der Waals surface area contributed by atoms with Gasteiger partial charge in [0.2, 0.25) is 0 Å². The highest BCUT2D eigenvalue weighted by Gasteiger charge is 2.17. The van der Waals surface area contributed by atoms with Gasteiger partial charge in [-0.1, -0.05) is 4.68 Å². The second kappa shape index (κ2) is 2.44. The molecule has 0 bridgehead atoms. The molecule has 0 aromatic carbocycles. The number of carboxylic acid groups (broad SMARTS) is 1. The van der Waals surface area contributed by atoms with E-state index < -0.39 is 6.09 Å². The van der Waals surface area contributed by atoms with Crippen LogP contribution in [0.15, 0.2) is 24.5 Å². The van der Waals surface area contributed by atoms with Crippen molar-refractivity contribution in [1.29, 1.82) is 0 Å². The Labute approximate surface area is 72.8 Å². The van der Waals surface area contributed by atoms with Gasteiger partial charge in [0.15, 0.2) is 5.82 Å². The molecule has 2 heterocycles. The van der Waals surface area contributed by atoms with Crippen molar-refractivity contribution in [2.75, 3.05) is 5.73 Å².